The topological polar surface area (TPSA) is 50.5 Å². The quantitative estimate of drug-likeness (QED) is 0.755. The number of benzene rings is 1. The summed E-state index contributed by atoms with van der Waals surface area (Å²) in [6.07, 6.45) is 3.50. The van der Waals surface area contributed by atoms with Crippen LogP contribution in [0.25, 0.3) is 0 Å². The maximum Gasteiger partial charge on any atom is 0.238 e. The van der Waals surface area contributed by atoms with Crippen molar-refractivity contribution in [2.24, 2.45) is 10.9 Å². The van der Waals surface area contributed by atoms with Crippen LogP contribution in [-0.4, -0.2) is 32.2 Å². The Labute approximate surface area is 159 Å². The molecule has 128 valence electrons. The number of halogens is 2. The Morgan fingerprint density at radius 1 is 1.28 bits per heavy atom. The van der Waals surface area contributed by atoms with E-state index in [0.29, 0.717) is 15.9 Å². The molecular weight excluding hydrogens is 379 g/mol. The fraction of sp³-hybridized carbons (Fsp3) is 0.235. The normalized spacial score (nSPS) is 22.0. The first-order valence-electron chi connectivity index (χ1n) is 7.68. The Morgan fingerprint density at radius 3 is 2.84 bits per heavy atom. The molecule has 2 aliphatic heterocycles. The van der Waals surface area contributed by atoms with E-state index in [0.717, 1.165) is 17.1 Å². The highest BCUT2D eigenvalue weighted by Gasteiger charge is 2.40. The van der Waals surface area contributed by atoms with Crippen LogP contribution in [0.15, 0.2) is 47.1 Å². The average Bonchev–Trinajstić information content (AvgIpc) is 3.26. The largest absolute Gasteiger partial charge is 0.308 e. The lowest BCUT2D eigenvalue weighted by Crippen LogP contribution is -2.42. The first-order chi connectivity index (χ1) is 12.1. The third kappa shape index (κ3) is 2.88. The van der Waals surface area contributed by atoms with Gasteiger partial charge in [0.25, 0.3) is 0 Å². The summed E-state index contributed by atoms with van der Waals surface area (Å²) in [4.78, 5) is 19.4. The molecule has 1 aromatic carbocycles. The van der Waals surface area contributed by atoms with Crippen LogP contribution in [0.3, 0.4) is 0 Å². The summed E-state index contributed by atoms with van der Waals surface area (Å²) in [7, 11) is 0. The smallest absolute Gasteiger partial charge is 0.238 e. The van der Waals surface area contributed by atoms with Gasteiger partial charge < -0.3 is 4.90 Å². The molecule has 2 aliphatic rings. The van der Waals surface area contributed by atoms with E-state index in [2.05, 4.69) is 10.1 Å². The molecular formula is C17H14Cl2N4OS. The lowest BCUT2D eigenvalue weighted by molar-refractivity contribution is -0.130. The van der Waals surface area contributed by atoms with E-state index >= 15 is 0 Å². The summed E-state index contributed by atoms with van der Waals surface area (Å²) < 4.78 is 1.78. The van der Waals surface area contributed by atoms with Crippen LogP contribution in [0.2, 0.25) is 10.0 Å². The number of rotatable bonds is 2. The lowest BCUT2D eigenvalue weighted by Gasteiger charge is -2.33. The van der Waals surface area contributed by atoms with Crippen LogP contribution in [0.5, 0.6) is 0 Å². The monoisotopic (exact) mass is 392 g/mol. The summed E-state index contributed by atoms with van der Waals surface area (Å²) >= 11 is 13.9. The predicted molar refractivity (Wildman–Crippen MR) is 102 cm³/mol. The Morgan fingerprint density at radius 2 is 2.12 bits per heavy atom. The fourth-order valence-electron chi connectivity index (χ4n) is 3.17. The number of hydrogen-bond acceptors (Lipinski definition) is 4. The first kappa shape index (κ1) is 16.7. The van der Waals surface area contributed by atoms with Crippen molar-refractivity contribution in [1.29, 1.82) is 0 Å². The van der Waals surface area contributed by atoms with E-state index in [1.54, 1.807) is 39.7 Å². The molecule has 2 unspecified atom stereocenters. The van der Waals surface area contributed by atoms with Crippen LogP contribution in [0.1, 0.15) is 18.5 Å². The number of carbonyl (C=O) groups excluding carboxylic acids is 1. The van der Waals surface area contributed by atoms with Gasteiger partial charge in [-0.25, -0.2) is 9.67 Å². The summed E-state index contributed by atoms with van der Waals surface area (Å²) in [6, 6.07) is 6.95. The molecule has 8 heteroatoms. The number of aliphatic imine (C=N–C) groups is 1. The highest BCUT2D eigenvalue weighted by Crippen LogP contribution is 2.39. The van der Waals surface area contributed by atoms with Gasteiger partial charge in [0.05, 0.1) is 28.2 Å². The second-order valence-electron chi connectivity index (χ2n) is 5.87. The van der Waals surface area contributed by atoms with Gasteiger partial charge >= 0.3 is 0 Å². The SMILES string of the molecule is CC1=Nc2ccnn2C(c2ccc(Cl)c(Cl)c2)C1C(=O)N1C=CSC1. The number of nitrogens with zero attached hydrogens (tertiary/aromatic N) is 4. The second kappa shape index (κ2) is 6.52. The van der Waals surface area contributed by atoms with Gasteiger partial charge in [-0.05, 0) is 30.0 Å². The lowest BCUT2D eigenvalue weighted by atomic mass is 9.87. The number of amides is 1. The molecule has 0 bridgehead atoms. The highest BCUT2D eigenvalue weighted by atomic mass is 35.5. The molecule has 0 N–H and O–H groups in total. The van der Waals surface area contributed by atoms with E-state index < -0.39 is 5.92 Å². The van der Waals surface area contributed by atoms with Crippen molar-refractivity contribution in [3.05, 3.63) is 57.7 Å². The van der Waals surface area contributed by atoms with Crippen LogP contribution in [0.4, 0.5) is 5.82 Å². The van der Waals surface area contributed by atoms with E-state index in [9.17, 15) is 4.79 Å². The fourth-order valence-corrected chi connectivity index (χ4v) is 4.17. The van der Waals surface area contributed by atoms with Crippen LogP contribution in [-0.2, 0) is 4.79 Å². The molecule has 25 heavy (non-hydrogen) atoms. The number of hydrogen-bond donors (Lipinski definition) is 0. The Kier molecular flexibility index (Phi) is 4.35. The minimum absolute atomic E-state index is 0.000257. The predicted octanol–water partition coefficient (Wildman–Crippen LogP) is 4.51. The summed E-state index contributed by atoms with van der Waals surface area (Å²) in [6.45, 7) is 1.89. The standard InChI is InChI=1S/C17H14Cl2N4OS/c1-10-15(17(24)22-6-7-25-9-22)16(23-14(21-10)4-5-20-23)11-2-3-12(18)13(19)8-11/h2-8,15-16H,9H2,1H3. The van der Waals surface area contributed by atoms with Crippen molar-refractivity contribution in [3.8, 4) is 0 Å². The molecule has 2 aromatic rings. The molecule has 0 aliphatic carbocycles. The van der Waals surface area contributed by atoms with Crippen molar-refractivity contribution < 1.29 is 4.79 Å². The molecule has 2 atom stereocenters. The zero-order valence-corrected chi connectivity index (χ0v) is 15.6. The molecule has 0 saturated heterocycles. The molecule has 4 rings (SSSR count). The van der Waals surface area contributed by atoms with Crippen LogP contribution >= 0.6 is 35.0 Å². The molecule has 0 saturated carbocycles. The molecule has 0 fully saturated rings. The molecule has 0 radical (unpaired) electrons. The summed E-state index contributed by atoms with van der Waals surface area (Å²) in [5.41, 5.74) is 1.64. The van der Waals surface area contributed by atoms with Crippen LogP contribution < -0.4 is 0 Å². The van der Waals surface area contributed by atoms with E-state index in [4.69, 9.17) is 23.2 Å². The maximum atomic E-state index is 13.2. The number of thioether (sulfide) groups is 1. The Bertz CT molecular complexity index is 908. The third-order valence-corrected chi connectivity index (χ3v) is 5.84. The van der Waals surface area contributed by atoms with Crippen molar-refractivity contribution in [1.82, 2.24) is 14.7 Å². The van der Waals surface area contributed by atoms with Crippen molar-refractivity contribution in [3.63, 3.8) is 0 Å². The molecule has 0 spiro atoms. The van der Waals surface area contributed by atoms with Gasteiger partial charge in [-0.1, -0.05) is 29.3 Å². The number of carbonyl (C=O) groups is 1. The average molecular weight is 393 g/mol. The zero-order valence-electron chi connectivity index (χ0n) is 13.3. The summed E-state index contributed by atoms with van der Waals surface area (Å²) in [5.74, 6) is 0.888. The van der Waals surface area contributed by atoms with Gasteiger partial charge in [0.15, 0.2) is 5.82 Å². The first-order valence-corrected chi connectivity index (χ1v) is 9.49. The van der Waals surface area contributed by atoms with Crippen LogP contribution in [0, 0.1) is 5.92 Å². The van der Waals surface area contributed by atoms with Crippen molar-refractivity contribution in [2.45, 2.75) is 13.0 Å². The van der Waals surface area contributed by atoms with Crippen molar-refractivity contribution in [2.75, 3.05) is 5.88 Å². The van der Waals surface area contributed by atoms with Gasteiger partial charge in [-0.2, -0.15) is 5.10 Å². The molecule has 3 heterocycles. The van der Waals surface area contributed by atoms with Gasteiger partial charge in [0.2, 0.25) is 5.91 Å². The van der Waals surface area contributed by atoms with E-state index in [1.165, 1.54) is 0 Å². The van der Waals surface area contributed by atoms with E-state index in [1.807, 2.05) is 30.7 Å². The van der Waals surface area contributed by atoms with E-state index in [-0.39, 0.29) is 11.9 Å². The summed E-state index contributed by atoms with van der Waals surface area (Å²) in [5, 5.41) is 7.25. The number of fused-ring (bicyclic) bond motifs is 1. The molecule has 5 nitrogen and oxygen atoms in total. The highest BCUT2D eigenvalue weighted by molar-refractivity contribution is 8.02. The second-order valence-corrected chi connectivity index (χ2v) is 7.55. The Hall–Kier alpha value is -1.76. The van der Waals surface area contributed by atoms with Gasteiger partial charge in [0.1, 0.15) is 5.92 Å². The van der Waals surface area contributed by atoms with Crippen molar-refractivity contribution >= 4 is 52.4 Å². The molecule has 1 amide bonds. The third-order valence-electron chi connectivity index (χ3n) is 4.35. The minimum atomic E-state index is -0.451. The van der Waals surface area contributed by atoms with Gasteiger partial charge in [-0.3, -0.25) is 4.79 Å². The zero-order chi connectivity index (χ0) is 17.6. The van der Waals surface area contributed by atoms with Gasteiger partial charge in [-0.15, -0.1) is 11.8 Å². The van der Waals surface area contributed by atoms with Gasteiger partial charge in [0, 0.05) is 18.0 Å². The number of aromatic nitrogens is 2. The maximum absolute atomic E-state index is 13.2. The Balaban J connectivity index is 1.83. The minimum Gasteiger partial charge on any atom is -0.308 e. The molecule has 1 aromatic heterocycles.